The summed E-state index contributed by atoms with van der Waals surface area (Å²) in [5, 5.41) is 19.4. The first kappa shape index (κ1) is 23.3. The second kappa shape index (κ2) is 10.7. The number of ketones is 1. The van der Waals surface area contributed by atoms with Gasteiger partial charge in [-0.25, -0.2) is 0 Å². The molecule has 0 atom stereocenters. The summed E-state index contributed by atoms with van der Waals surface area (Å²) in [6, 6.07) is 8.86. The Hall–Kier alpha value is -3.02. The van der Waals surface area contributed by atoms with Crippen LogP contribution in [0.2, 0.25) is 0 Å². The number of benzene rings is 2. The first-order valence-electron chi connectivity index (χ1n) is 10.2. The molecule has 30 heavy (non-hydrogen) atoms. The van der Waals surface area contributed by atoms with E-state index in [2.05, 4.69) is 0 Å². The molecule has 0 radical (unpaired) electrons. The second-order valence-electron chi connectivity index (χ2n) is 8.13. The molecule has 0 aliphatic rings. The lowest BCUT2D eigenvalue weighted by molar-refractivity contribution is -0.144. The first-order valence-corrected chi connectivity index (χ1v) is 10.2. The van der Waals surface area contributed by atoms with Gasteiger partial charge in [0.1, 0.15) is 17.2 Å². The molecule has 0 aliphatic heterocycles. The number of rotatable bonds is 10. The maximum Gasteiger partial charge on any atom is 0.306 e. The molecule has 0 heterocycles. The lowest BCUT2D eigenvalue weighted by atomic mass is 9.98. The van der Waals surface area contributed by atoms with Gasteiger partial charge in [-0.05, 0) is 54.2 Å². The summed E-state index contributed by atoms with van der Waals surface area (Å²) in [6.07, 6.45) is 0.542. The van der Waals surface area contributed by atoms with Crippen molar-refractivity contribution in [2.45, 2.75) is 40.5 Å². The van der Waals surface area contributed by atoms with Crippen LogP contribution in [0.5, 0.6) is 17.2 Å². The molecule has 0 unspecified atom stereocenters. The van der Waals surface area contributed by atoms with Crippen molar-refractivity contribution < 1.29 is 29.3 Å². The standard InChI is InChI=1S/C24H30O6/c1-15(2)13-29-22-9-5-18(24(28)20-8-7-19(25)12-21(20)26)11-17(22)6-10-23(27)30-14-16(3)4/h5,7-9,11-12,15-16,25-26H,6,10,13-14H2,1-4H3. The number of aromatic hydroxyl groups is 2. The third-order valence-electron chi connectivity index (χ3n) is 4.30. The molecule has 0 amide bonds. The van der Waals surface area contributed by atoms with E-state index >= 15 is 0 Å². The number of hydrogen-bond acceptors (Lipinski definition) is 6. The Morgan fingerprint density at radius 2 is 1.63 bits per heavy atom. The van der Waals surface area contributed by atoms with E-state index in [0.29, 0.717) is 36.9 Å². The van der Waals surface area contributed by atoms with E-state index in [1.807, 2.05) is 27.7 Å². The number of esters is 1. The van der Waals surface area contributed by atoms with Crippen LogP contribution in [0.1, 0.15) is 55.6 Å². The summed E-state index contributed by atoms with van der Waals surface area (Å²) in [4.78, 5) is 24.9. The van der Waals surface area contributed by atoms with Gasteiger partial charge >= 0.3 is 5.97 Å². The molecule has 2 rings (SSSR count). The minimum Gasteiger partial charge on any atom is -0.508 e. The minimum absolute atomic E-state index is 0.0888. The number of carbonyl (C=O) groups excluding carboxylic acids is 2. The number of ether oxygens (including phenoxy) is 2. The van der Waals surface area contributed by atoms with Gasteiger partial charge in [-0.15, -0.1) is 0 Å². The molecule has 0 bridgehead atoms. The minimum atomic E-state index is -0.383. The lowest BCUT2D eigenvalue weighted by Crippen LogP contribution is -2.12. The zero-order valence-corrected chi connectivity index (χ0v) is 18.0. The summed E-state index contributed by atoms with van der Waals surface area (Å²) in [7, 11) is 0. The number of phenolic OH excluding ortho intramolecular Hbond substituents is 2. The van der Waals surface area contributed by atoms with Crippen LogP contribution in [0.15, 0.2) is 36.4 Å². The fourth-order valence-electron chi connectivity index (χ4n) is 2.75. The molecule has 0 spiro atoms. The van der Waals surface area contributed by atoms with Gasteiger partial charge in [0.2, 0.25) is 0 Å². The predicted molar refractivity (Wildman–Crippen MR) is 114 cm³/mol. The van der Waals surface area contributed by atoms with Gasteiger partial charge in [0.25, 0.3) is 0 Å². The van der Waals surface area contributed by atoms with Crippen LogP contribution >= 0.6 is 0 Å². The van der Waals surface area contributed by atoms with Gasteiger partial charge in [0.15, 0.2) is 5.78 Å². The summed E-state index contributed by atoms with van der Waals surface area (Å²) in [5.74, 6) is 0.104. The van der Waals surface area contributed by atoms with Crippen molar-refractivity contribution in [3.05, 3.63) is 53.1 Å². The van der Waals surface area contributed by atoms with E-state index in [0.717, 1.165) is 11.6 Å². The van der Waals surface area contributed by atoms with E-state index in [1.54, 1.807) is 18.2 Å². The average Bonchev–Trinajstić information content (AvgIpc) is 2.68. The summed E-state index contributed by atoms with van der Waals surface area (Å²) < 4.78 is 11.1. The van der Waals surface area contributed by atoms with Crippen molar-refractivity contribution in [2.24, 2.45) is 11.8 Å². The number of phenols is 2. The molecule has 0 fully saturated rings. The lowest BCUT2D eigenvalue weighted by Gasteiger charge is -2.15. The molecule has 2 aromatic carbocycles. The van der Waals surface area contributed by atoms with Crippen molar-refractivity contribution in [1.29, 1.82) is 0 Å². The van der Waals surface area contributed by atoms with E-state index in [4.69, 9.17) is 9.47 Å². The van der Waals surface area contributed by atoms with Gasteiger partial charge in [0.05, 0.1) is 18.8 Å². The van der Waals surface area contributed by atoms with Crippen LogP contribution in [0.4, 0.5) is 0 Å². The monoisotopic (exact) mass is 414 g/mol. The summed E-state index contributed by atoms with van der Waals surface area (Å²) in [5.41, 5.74) is 1.17. The van der Waals surface area contributed by atoms with Gasteiger partial charge in [0, 0.05) is 18.1 Å². The topological polar surface area (TPSA) is 93.1 Å². The Bertz CT molecular complexity index is 885. The predicted octanol–water partition coefficient (Wildman–Crippen LogP) is 4.50. The van der Waals surface area contributed by atoms with Gasteiger partial charge in [-0.2, -0.15) is 0 Å². The molecule has 0 aliphatic carbocycles. The Morgan fingerprint density at radius 1 is 0.933 bits per heavy atom. The molecule has 0 aromatic heterocycles. The van der Waals surface area contributed by atoms with Crippen molar-refractivity contribution >= 4 is 11.8 Å². The first-order chi connectivity index (χ1) is 14.2. The zero-order chi connectivity index (χ0) is 22.3. The van der Waals surface area contributed by atoms with Crippen LogP contribution in [0.3, 0.4) is 0 Å². The number of aryl methyl sites for hydroxylation is 1. The maximum atomic E-state index is 12.8. The van der Waals surface area contributed by atoms with Crippen molar-refractivity contribution in [2.75, 3.05) is 13.2 Å². The highest BCUT2D eigenvalue weighted by Crippen LogP contribution is 2.28. The molecule has 2 N–H and O–H groups in total. The molecule has 0 saturated carbocycles. The van der Waals surface area contributed by atoms with Gasteiger partial charge in [-0.1, -0.05) is 27.7 Å². The molecular weight excluding hydrogens is 384 g/mol. The fourth-order valence-corrected chi connectivity index (χ4v) is 2.75. The Balaban J connectivity index is 2.24. The second-order valence-corrected chi connectivity index (χ2v) is 8.13. The highest BCUT2D eigenvalue weighted by Gasteiger charge is 2.17. The molecule has 6 nitrogen and oxygen atoms in total. The SMILES string of the molecule is CC(C)COC(=O)CCc1cc(C(=O)c2ccc(O)cc2O)ccc1OCC(C)C. The smallest absolute Gasteiger partial charge is 0.306 e. The maximum absolute atomic E-state index is 12.8. The van der Waals surface area contributed by atoms with Crippen LogP contribution in [0, 0.1) is 11.8 Å². The molecular formula is C24H30O6. The average molecular weight is 414 g/mol. The van der Waals surface area contributed by atoms with Crippen LogP contribution in [0.25, 0.3) is 0 Å². The summed E-state index contributed by atoms with van der Waals surface area (Å²) in [6.45, 7) is 8.89. The van der Waals surface area contributed by atoms with Crippen molar-refractivity contribution in [1.82, 2.24) is 0 Å². The number of hydrogen-bond donors (Lipinski definition) is 2. The molecule has 2 aromatic rings. The normalized spacial score (nSPS) is 11.0. The van der Waals surface area contributed by atoms with Crippen molar-refractivity contribution in [3.63, 3.8) is 0 Å². The molecule has 0 saturated heterocycles. The van der Waals surface area contributed by atoms with Crippen molar-refractivity contribution in [3.8, 4) is 17.2 Å². The Labute approximate surface area is 177 Å². The van der Waals surface area contributed by atoms with Crippen LogP contribution in [-0.2, 0) is 16.0 Å². The third-order valence-corrected chi connectivity index (χ3v) is 4.30. The van der Waals surface area contributed by atoms with E-state index < -0.39 is 0 Å². The highest BCUT2D eigenvalue weighted by molar-refractivity contribution is 6.10. The highest BCUT2D eigenvalue weighted by atomic mass is 16.5. The molecule has 162 valence electrons. The zero-order valence-electron chi connectivity index (χ0n) is 18.0. The van der Waals surface area contributed by atoms with E-state index in [-0.39, 0.29) is 41.2 Å². The third kappa shape index (κ3) is 6.79. The van der Waals surface area contributed by atoms with Gasteiger partial charge < -0.3 is 19.7 Å². The number of carbonyl (C=O) groups is 2. The Morgan fingerprint density at radius 3 is 2.27 bits per heavy atom. The Kier molecular flexibility index (Phi) is 8.27. The largest absolute Gasteiger partial charge is 0.508 e. The van der Waals surface area contributed by atoms with E-state index in [1.165, 1.54) is 12.1 Å². The quantitative estimate of drug-likeness (QED) is 0.439. The summed E-state index contributed by atoms with van der Waals surface area (Å²) >= 11 is 0. The van der Waals surface area contributed by atoms with Crippen LogP contribution < -0.4 is 4.74 Å². The fraction of sp³-hybridized carbons (Fsp3) is 0.417. The van der Waals surface area contributed by atoms with Crippen LogP contribution in [-0.4, -0.2) is 35.2 Å². The van der Waals surface area contributed by atoms with E-state index in [9.17, 15) is 19.8 Å². The molecule has 6 heteroatoms. The van der Waals surface area contributed by atoms with Gasteiger partial charge in [-0.3, -0.25) is 9.59 Å².